The monoisotopic (exact) mass is 392 g/mol. The van der Waals surface area contributed by atoms with E-state index in [0.717, 1.165) is 46.9 Å². The second kappa shape index (κ2) is 7.99. The van der Waals surface area contributed by atoms with Crippen molar-refractivity contribution >= 4 is 22.8 Å². The number of hydrogen-bond acceptors (Lipinski definition) is 4. The van der Waals surface area contributed by atoms with E-state index in [1.54, 1.807) is 6.26 Å². The average molecular weight is 392 g/mol. The first kappa shape index (κ1) is 19.1. The summed E-state index contributed by atoms with van der Waals surface area (Å²) in [6.45, 7) is 3.76. The van der Waals surface area contributed by atoms with Gasteiger partial charge in [-0.25, -0.2) is 0 Å². The number of hydrazine groups is 1. The summed E-state index contributed by atoms with van der Waals surface area (Å²) in [6.07, 6.45) is 5.05. The fourth-order valence-corrected chi connectivity index (χ4v) is 3.84. The summed E-state index contributed by atoms with van der Waals surface area (Å²) in [5.74, 6) is -0.110. The van der Waals surface area contributed by atoms with E-state index in [1.165, 1.54) is 11.1 Å². The molecule has 0 spiro atoms. The number of carbonyl (C=O) groups excluding carboxylic acids is 2. The molecule has 0 fully saturated rings. The first-order valence-electron chi connectivity index (χ1n) is 9.78. The Kier molecular flexibility index (Phi) is 5.25. The lowest BCUT2D eigenvalue weighted by Gasteiger charge is -2.10. The van der Waals surface area contributed by atoms with Gasteiger partial charge < -0.3 is 9.15 Å². The number of benzene rings is 2. The summed E-state index contributed by atoms with van der Waals surface area (Å²) in [4.78, 5) is 24.2. The highest BCUT2D eigenvalue weighted by atomic mass is 16.5. The highest BCUT2D eigenvalue weighted by Crippen LogP contribution is 2.30. The summed E-state index contributed by atoms with van der Waals surface area (Å²) in [5.41, 5.74) is 11.2. The molecule has 0 saturated carbocycles. The van der Waals surface area contributed by atoms with Gasteiger partial charge in [0.25, 0.3) is 5.91 Å². The van der Waals surface area contributed by atoms with Crippen LogP contribution in [0.3, 0.4) is 0 Å². The normalized spacial score (nSPS) is 12.6. The van der Waals surface area contributed by atoms with Crippen molar-refractivity contribution in [3.63, 3.8) is 0 Å². The maximum atomic E-state index is 12.2. The fourth-order valence-electron chi connectivity index (χ4n) is 3.84. The molecule has 0 aliphatic heterocycles. The van der Waals surface area contributed by atoms with Crippen LogP contribution in [-0.2, 0) is 28.9 Å². The van der Waals surface area contributed by atoms with Gasteiger partial charge in [-0.15, -0.1) is 0 Å². The average Bonchev–Trinajstić information content (AvgIpc) is 3.29. The van der Waals surface area contributed by atoms with Crippen molar-refractivity contribution in [1.82, 2.24) is 10.9 Å². The lowest BCUT2D eigenvalue weighted by Crippen LogP contribution is -2.44. The molecule has 6 heteroatoms. The summed E-state index contributed by atoms with van der Waals surface area (Å²) >= 11 is 0. The Balaban J connectivity index is 1.30. The van der Waals surface area contributed by atoms with Gasteiger partial charge in [0, 0.05) is 10.9 Å². The van der Waals surface area contributed by atoms with Crippen LogP contribution in [0.2, 0.25) is 0 Å². The van der Waals surface area contributed by atoms with Crippen molar-refractivity contribution in [2.75, 3.05) is 6.61 Å². The number of nitrogens with one attached hydrogen (secondary N) is 2. The number of amides is 2. The van der Waals surface area contributed by atoms with Crippen LogP contribution < -0.4 is 15.6 Å². The van der Waals surface area contributed by atoms with Crippen molar-refractivity contribution < 1.29 is 18.7 Å². The van der Waals surface area contributed by atoms with Gasteiger partial charge in [-0.3, -0.25) is 20.4 Å². The summed E-state index contributed by atoms with van der Waals surface area (Å²) in [7, 11) is 0. The number of carbonyl (C=O) groups is 2. The van der Waals surface area contributed by atoms with Crippen molar-refractivity contribution in [1.29, 1.82) is 0 Å². The molecule has 1 aromatic heterocycles. The van der Waals surface area contributed by atoms with E-state index in [2.05, 4.69) is 23.0 Å². The fraction of sp³-hybridized carbons (Fsp3) is 0.304. The molecule has 1 aliphatic rings. The standard InChI is InChI=1S/C23H24N2O4/c1-14-6-15(2)8-19(7-14)28-13-23(27)25-24-22(26)11-18-12-29-21-10-17-5-3-4-16(17)9-20(18)21/h6-10,12H,3-5,11,13H2,1-2H3,(H,24,26)(H,25,27). The zero-order chi connectivity index (χ0) is 20.4. The molecular formula is C23H24N2O4. The molecule has 3 aromatic rings. The minimum absolute atomic E-state index is 0.129. The number of ether oxygens (including phenoxy) is 1. The van der Waals surface area contributed by atoms with Gasteiger partial charge in [0.05, 0.1) is 12.7 Å². The second-order valence-corrected chi connectivity index (χ2v) is 7.62. The Morgan fingerprint density at radius 1 is 0.966 bits per heavy atom. The quantitative estimate of drug-likeness (QED) is 0.653. The SMILES string of the molecule is Cc1cc(C)cc(OCC(=O)NNC(=O)Cc2coc3cc4c(cc23)CCC4)c1. The number of aryl methyl sites for hydroxylation is 4. The third-order valence-corrected chi connectivity index (χ3v) is 5.13. The highest BCUT2D eigenvalue weighted by molar-refractivity contribution is 5.89. The minimum atomic E-state index is -0.424. The molecule has 0 bridgehead atoms. The number of furan rings is 1. The molecule has 2 aromatic carbocycles. The molecule has 150 valence electrons. The summed E-state index contributed by atoms with van der Waals surface area (Å²) in [5, 5.41) is 0.963. The third kappa shape index (κ3) is 4.42. The molecule has 2 N–H and O–H groups in total. The molecule has 0 atom stereocenters. The summed E-state index contributed by atoms with van der Waals surface area (Å²) < 4.78 is 11.1. The van der Waals surface area contributed by atoms with E-state index in [-0.39, 0.29) is 18.9 Å². The number of rotatable bonds is 5. The second-order valence-electron chi connectivity index (χ2n) is 7.62. The first-order valence-corrected chi connectivity index (χ1v) is 9.78. The third-order valence-electron chi connectivity index (χ3n) is 5.13. The molecule has 0 radical (unpaired) electrons. The van der Waals surface area contributed by atoms with E-state index in [0.29, 0.717) is 5.75 Å². The van der Waals surface area contributed by atoms with Gasteiger partial charge in [0.2, 0.25) is 5.91 Å². The minimum Gasteiger partial charge on any atom is -0.484 e. The van der Waals surface area contributed by atoms with Crippen molar-refractivity contribution in [2.24, 2.45) is 0 Å². The lowest BCUT2D eigenvalue weighted by atomic mass is 10.0. The topological polar surface area (TPSA) is 80.6 Å². The molecule has 6 nitrogen and oxygen atoms in total. The van der Waals surface area contributed by atoms with Gasteiger partial charge >= 0.3 is 0 Å². The molecule has 4 rings (SSSR count). The van der Waals surface area contributed by atoms with Crippen LogP contribution in [0, 0.1) is 13.8 Å². The van der Waals surface area contributed by atoms with Crippen LogP contribution in [0.25, 0.3) is 11.0 Å². The molecular weight excluding hydrogens is 368 g/mol. The number of hydrogen-bond donors (Lipinski definition) is 2. The smallest absolute Gasteiger partial charge is 0.276 e. The van der Waals surface area contributed by atoms with Gasteiger partial charge in [-0.05, 0) is 79.6 Å². The molecule has 1 aliphatic carbocycles. The van der Waals surface area contributed by atoms with Gasteiger partial charge in [-0.2, -0.15) is 0 Å². The molecule has 29 heavy (non-hydrogen) atoms. The zero-order valence-corrected chi connectivity index (χ0v) is 16.6. The Morgan fingerprint density at radius 3 is 2.41 bits per heavy atom. The van der Waals surface area contributed by atoms with Crippen LogP contribution in [0.5, 0.6) is 5.75 Å². The maximum absolute atomic E-state index is 12.2. The van der Waals surface area contributed by atoms with E-state index in [1.807, 2.05) is 32.0 Å². The largest absolute Gasteiger partial charge is 0.484 e. The molecule has 1 heterocycles. The van der Waals surface area contributed by atoms with Gasteiger partial charge in [0.1, 0.15) is 11.3 Å². The Labute approximate surface area is 169 Å². The van der Waals surface area contributed by atoms with Crippen LogP contribution in [-0.4, -0.2) is 18.4 Å². The van der Waals surface area contributed by atoms with Crippen molar-refractivity contribution in [3.05, 3.63) is 64.4 Å². The Bertz CT molecular complexity index is 1060. The van der Waals surface area contributed by atoms with Crippen LogP contribution in [0.4, 0.5) is 0 Å². The van der Waals surface area contributed by atoms with Gasteiger partial charge in [-0.1, -0.05) is 6.07 Å². The zero-order valence-electron chi connectivity index (χ0n) is 16.6. The van der Waals surface area contributed by atoms with Crippen LogP contribution in [0.1, 0.15) is 34.2 Å². The van der Waals surface area contributed by atoms with Gasteiger partial charge in [0.15, 0.2) is 6.61 Å². The van der Waals surface area contributed by atoms with E-state index < -0.39 is 5.91 Å². The van der Waals surface area contributed by atoms with E-state index in [4.69, 9.17) is 9.15 Å². The highest BCUT2D eigenvalue weighted by Gasteiger charge is 2.17. The van der Waals surface area contributed by atoms with E-state index >= 15 is 0 Å². The predicted octanol–water partition coefficient (Wildman–Crippen LogP) is 3.31. The van der Waals surface area contributed by atoms with Crippen LogP contribution in [0.15, 0.2) is 41.0 Å². The summed E-state index contributed by atoms with van der Waals surface area (Å²) in [6, 6.07) is 9.95. The van der Waals surface area contributed by atoms with Crippen LogP contribution >= 0.6 is 0 Å². The molecule has 0 saturated heterocycles. The molecule has 2 amide bonds. The number of fused-ring (bicyclic) bond motifs is 2. The molecule has 0 unspecified atom stereocenters. The Morgan fingerprint density at radius 2 is 1.66 bits per heavy atom. The lowest BCUT2D eigenvalue weighted by molar-refractivity contribution is -0.129. The van der Waals surface area contributed by atoms with Crippen molar-refractivity contribution in [3.8, 4) is 5.75 Å². The van der Waals surface area contributed by atoms with E-state index in [9.17, 15) is 9.59 Å². The Hall–Kier alpha value is -3.28. The first-order chi connectivity index (χ1) is 14.0. The predicted molar refractivity (Wildman–Crippen MR) is 110 cm³/mol. The maximum Gasteiger partial charge on any atom is 0.276 e. The van der Waals surface area contributed by atoms with Crippen molar-refractivity contribution in [2.45, 2.75) is 39.5 Å².